The Morgan fingerprint density at radius 3 is 2.14 bits per heavy atom. The van der Waals surface area contributed by atoms with E-state index < -0.39 is 95.4 Å². The number of hydrogen-bond donors (Lipinski definition) is 9. The first kappa shape index (κ1) is 34.5. The molecule has 1 aromatic carbocycles. The monoisotopic (exact) mass is 672 g/mol. The van der Waals surface area contributed by atoms with Crippen LogP contribution in [0, 0.1) is 0 Å². The molecule has 44 heavy (non-hydrogen) atoms. The Balaban J connectivity index is 1.43. The number of ether oxygens (including phenoxy) is 3. The van der Waals surface area contributed by atoms with Gasteiger partial charge in [-0.05, 0) is 17.7 Å². The molecule has 22 heteroatoms. The number of nitrogens with zero attached hydrogens (tertiary/aromatic N) is 1. The van der Waals surface area contributed by atoms with Gasteiger partial charge in [0.05, 0.1) is 25.9 Å². The smallest absolute Gasteiger partial charge is 0.483 e. The molecule has 0 radical (unpaired) electrons. The number of phosphoric ester groups is 2. The van der Waals surface area contributed by atoms with Gasteiger partial charge in [0.15, 0.2) is 12.5 Å². The van der Waals surface area contributed by atoms with E-state index >= 15 is 0 Å². The first-order valence-electron chi connectivity index (χ1n) is 12.6. The van der Waals surface area contributed by atoms with Crippen molar-refractivity contribution in [2.75, 3.05) is 20.3 Å². The first-order chi connectivity index (χ1) is 20.6. The standard InChI is InChI=1S/C22H30N2O18P2/c1-37-10-4-2-9(3-5-10)11-6-24(22(32)23-19(11)31)20-17(29)15(27)13(39-20)8-38-43(33,34)42-44(35,36)41-21-18(30)16(28)14(26)12(7-25)40-21/h2-6,12-18,20-21,25-30H,7-8H2,1H3,(H,33,34)(H,35,36)(H,23,31,32)/t12-,13-,14+,15-,16+,17-,18-,20-,21-/m1/s1. The molecule has 2 aromatic rings. The molecule has 1 aromatic heterocycles. The van der Waals surface area contributed by atoms with E-state index in [1.165, 1.54) is 19.2 Å². The van der Waals surface area contributed by atoms with Crippen molar-refractivity contribution in [2.45, 2.75) is 55.2 Å². The number of aromatic nitrogens is 2. The van der Waals surface area contributed by atoms with Gasteiger partial charge in [-0.25, -0.2) is 13.9 Å². The van der Waals surface area contributed by atoms with Crippen molar-refractivity contribution in [3.8, 4) is 16.9 Å². The number of aliphatic hydroxyl groups excluding tert-OH is 6. The van der Waals surface area contributed by atoms with Crippen LogP contribution in [-0.2, 0) is 32.0 Å². The molecular formula is C22H30N2O18P2. The minimum absolute atomic E-state index is 0.0244. The number of hydrogen-bond acceptors (Lipinski definition) is 16. The van der Waals surface area contributed by atoms with E-state index in [0.717, 1.165) is 10.8 Å². The van der Waals surface area contributed by atoms with E-state index in [9.17, 15) is 59.1 Å². The summed E-state index contributed by atoms with van der Waals surface area (Å²) in [6, 6.07) is 6.15. The van der Waals surface area contributed by atoms with E-state index in [0.29, 0.717) is 11.3 Å². The fourth-order valence-electron chi connectivity index (χ4n) is 4.37. The summed E-state index contributed by atoms with van der Waals surface area (Å²) in [4.78, 5) is 46.9. The van der Waals surface area contributed by atoms with Gasteiger partial charge in [-0.3, -0.25) is 23.4 Å². The summed E-state index contributed by atoms with van der Waals surface area (Å²) in [6.45, 7) is -1.97. The minimum atomic E-state index is -5.64. The van der Waals surface area contributed by atoms with Gasteiger partial charge in [-0.15, -0.1) is 0 Å². The lowest BCUT2D eigenvalue weighted by Crippen LogP contribution is -2.58. The second kappa shape index (κ2) is 13.6. The fourth-order valence-corrected chi connectivity index (χ4v) is 6.53. The summed E-state index contributed by atoms with van der Waals surface area (Å²) < 4.78 is 54.1. The summed E-state index contributed by atoms with van der Waals surface area (Å²) in [6.07, 6.45) is -15.7. The molecule has 2 aliphatic heterocycles. The normalized spacial score (nSPS) is 33.4. The zero-order valence-corrected chi connectivity index (χ0v) is 24.3. The molecule has 4 rings (SSSR count). The van der Waals surface area contributed by atoms with Crippen LogP contribution < -0.4 is 16.0 Å². The first-order valence-corrected chi connectivity index (χ1v) is 15.6. The van der Waals surface area contributed by atoms with Crippen LogP contribution in [0.25, 0.3) is 11.1 Å². The second-order valence-corrected chi connectivity index (χ2v) is 12.6. The molecule has 0 bridgehead atoms. The largest absolute Gasteiger partial charge is 0.497 e. The van der Waals surface area contributed by atoms with Gasteiger partial charge in [-0.1, -0.05) is 12.1 Å². The predicted molar refractivity (Wildman–Crippen MR) is 141 cm³/mol. The Morgan fingerprint density at radius 2 is 1.52 bits per heavy atom. The molecule has 0 amide bonds. The molecule has 2 aliphatic rings. The number of aliphatic hydroxyl groups is 6. The topological polar surface area (TPSA) is 306 Å². The van der Waals surface area contributed by atoms with Crippen molar-refractivity contribution in [2.24, 2.45) is 0 Å². The molecule has 20 nitrogen and oxygen atoms in total. The third-order valence-corrected chi connectivity index (χ3v) is 9.27. The lowest BCUT2D eigenvalue weighted by atomic mass is 10.00. The highest BCUT2D eigenvalue weighted by Crippen LogP contribution is 2.61. The highest BCUT2D eigenvalue weighted by atomic mass is 31.3. The lowest BCUT2D eigenvalue weighted by Gasteiger charge is -2.39. The maximum Gasteiger partial charge on any atom is 0.483 e. The summed E-state index contributed by atoms with van der Waals surface area (Å²) in [5.74, 6) is 0.488. The number of phosphoric acid groups is 2. The van der Waals surface area contributed by atoms with E-state index in [-0.39, 0.29) is 5.56 Å². The van der Waals surface area contributed by atoms with Gasteiger partial charge in [0.1, 0.15) is 48.5 Å². The van der Waals surface area contributed by atoms with Crippen molar-refractivity contribution in [3.63, 3.8) is 0 Å². The zero-order valence-electron chi connectivity index (χ0n) is 22.5. The van der Waals surface area contributed by atoms with E-state index in [4.69, 9.17) is 14.2 Å². The summed E-state index contributed by atoms with van der Waals surface area (Å²) >= 11 is 0. The number of nitrogens with one attached hydrogen (secondary N) is 1. The summed E-state index contributed by atoms with van der Waals surface area (Å²) in [5.41, 5.74) is -1.48. The van der Waals surface area contributed by atoms with Crippen LogP contribution in [-0.4, -0.2) is 119 Å². The van der Waals surface area contributed by atoms with Crippen molar-refractivity contribution in [1.82, 2.24) is 9.55 Å². The molecule has 9 N–H and O–H groups in total. The molecule has 0 aliphatic carbocycles. The van der Waals surface area contributed by atoms with E-state index in [1.54, 1.807) is 12.1 Å². The molecule has 2 unspecified atom stereocenters. The average molecular weight is 672 g/mol. The Kier molecular flexibility index (Phi) is 10.6. The van der Waals surface area contributed by atoms with Gasteiger partial charge < -0.3 is 54.6 Å². The van der Waals surface area contributed by atoms with Crippen LogP contribution in [0.2, 0.25) is 0 Å². The molecule has 11 atom stereocenters. The van der Waals surface area contributed by atoms with Crippen LogP contribution >= 0.6 is 15.6 Å². The molecule has 2 fully saturated rings. The molecule has 246 valence electrons. The van der Waals surface area contributed by atoms with Crippen LogP contribution in [0.15, 0.2) is 40.1 Å². The van der Waals surface area contributed by atoms with Gasteiger partial charge in [0.25, 0.3) is 5.56 Å². The third kappa shape index (κ3) is 7.53. The Labute approximate surface area is 246 Å². The van der Waals surface area contributed by atoms with Crippen LogP contribution in [0.1, 0.15) is 6.23 Å². The highest BCUT2D eigenvalue weighted by Gasteiger charge is 2.49. The van der Waals surface area contributed by atoms with Crippen molar-refractivity contribution >= 4 is 15.6 Å². The molecule has 2 saturated heterocycles. The number of methoxy groups -OCH3 is 1. The SMILES string of the molecule is COc1ccc(-c2cn([C@@H]3O[C@H](COP(=O)(O)OP(=O)(O)O[C@H]4O[C@H](CO)[C@H](O)[C@H](O)[C@H]4O)[C@@H](O)[C@H]3O)c(=O)[nH]c2=O)cc1. The van der Waals surface area contributed by atoms with E-state index in [1.807, 2.05) is 0 Å². The van der Waals surface area contributed by atoms with Crippen molar-refractivity contribution < 1.29 is 77.1 Å². The van der Waals surface area contributed by atoms with Gasteiger partial charge in [0.2, 0.25) is 0 Å². The molecule has 0 spiro atoms. The van der Waals surface area contributed by atoms with Crippen LogP contribution in [0.3, 0.4) is 0 Å². The van der Waals surface area contributed by atoms with Crippen molar-refractivity contribution in [3.05, 3.63) is 51.3 Å². The number of H-pyrrole nitrogens is 1. The van der Waals surface area contributed by atoms with Crippen LogP contribution in [0.5, 0.6) is 5.75 Å². The quantitative estimate of drug-likeness (QED) is 0.107. The Morgan fingerprint density at radius 1 is 0.886 bits per heavy atom. The third-order valence-electron chi connectivity index (χ3n) is 6.67. The minimum Gasteiger partial charge on any atom is -0.497 e. The maximum absolute atomic E-state index is 12.5. The Bertz CT molecular complexity index is 1510. The lowest BCUT2D eigenvalue weighted by molar-refractivity contribution is -0.280. The van der Waals surface area contributed by atoms with Gasteiger partial charge in [0, 0.05) is 6.20 Å². The van der Waals surface area contributed by atoms with Crippen molar-refractivity contribution in [1.29, 1.82) is 0 Å². The molecule has 0 saturated carbocycles. The van der Waals surface area contributed by atoms with E-state index in [2.05, 4.69) is 18.3 Å². The van der Waals surface area contributed by atoms with Gasteiger partial charge >= 0.3 is 21.3 Å². The number of aromatic amines is 1. The number of benzene rings is 1. The predicted octanol–water partition coefficient (Wildman–Crippen LogP) is -3.12. The summed E-state index contributed by atoms with van der Waals surface area (Å²) in [7, 11) is -9.75. The average Bonchev–Trinajstić information content (AvgIpc) is 3.24. The fraction of sp³-hybridized carbons (Fsp3) is 0.545. The second-order valence-electron chi connectivity index (χ2n) is 9.60. The Hall–Kier alpha value is -2.36. The number of rotatable bonds is 11. The molecular weight excluding hydrogens is 642 g/mol. The van der Waals surface area contributed by atoms with Gasteiger partial charge in [-0.2, -0.15) is 4.31 Å². The summed E-state index contributed by atoms with van der Waals surface area (Å²) in [5, 5.41) is 59.7. The maximum atomic E-state index is 12.5. The highest BCUT2D eigenvalue weighted by molar-refractivity contribution is 7.61. The van der Waals surface area contributed by atoms with Crippen LogP contribution in [0.4, 0.5) is 0 Å². The molecule has 3 heterocycles. The zero-order chi connectivity index (χ0) is 32.6.